The lowest BCUT2D eigenvalue weighted by molar-refractivity contribution is 0.628. The highest BCUT2D eigenvalue weighted by molar-refractivity contribution is 7.84. The Balaban J connectivity index is 1.84. The van der Waals surface area contributed by atoms with Gasteiger partial charge in [0.2, 0.25) is 0 Å². The smallest absolute Gasteiger partial charge is 0.145 e. The van der Waals surface area contributed by atoms with Crippen LogP contribution in [0.25, 0.3) is 28.3 Å². The van der Waals surface area contributed by atoms with Crippen molar-refractivity contribution < 1.29 is 8.60 Å². The van der Waals surface area contributed by atoms with Crippen molar-refractivity contribution in [3.63, 3.8) is 0 Å². The molecule has 0 aliphatic carbocycles. The monoisotopic (exact) mass is 377 g/mol. The molecule has 2 heterocycles. The highest BCUT2D eigenvalue weighted by Gasteiger charge is 2.13. The van der Waals surface area contributed by atoms with E-state index in [1.165, 1.54) is 12.1 Å². The van der Waals surface area contributed by atoms with E-state index in [4.69, 9.17) is 4.98 Å². The SMILES string of the molecule is CS(=O)c1ccc(-c2cn(-c3ccncc3)c(-c3ccc(F)cc3)n2)cc1. The van der Waals surface area contributed by atoms with Crippen LogP contribution in [0.4, 0.5) is 4.39 Å². The molecular formula is C21H16FN3OS. The quantitative estimate of drug-likeness (QED) is 0.527. The molecule has 0 amide bonds. The maximum Gasteiger partial charge on any atom is 0.145 e. The number of halogens is 1. The van der Waals surface area contributed by atoms with Crippen LogP contribution in [0.1, 0.15) is 0 Å². The summed E-state index contributed by atoms with van der Waals surface area (Å²) in [6.07, 6.45) is 7.02. The summed E-state index contributed by atoms with van der Waals surface area (Å²) in [7, 11) is -1.02. The Morgan fingerprint density at radius 2 is 1.52 bits per heavy atom. The molecular weight excluding hydrogens is 361 g/mol. The molecule has 4 rings (SSSR count). The molecule has 0 aliphatic rings. The number of hydrogen-bond acceptors (Lipinski definition) is 3. The third kappa shape index (κ3) is 3.57. The largest absolute Gasteiger partial charge is 0.299 e. The maximum atomic E-state index is 13.3. The number of nitrogens with zero attached hydrogens (tertiary/aromatic N) is 3. The lowest BCUT2D eigenvalue weighted by Crippen LogP contribution is -1.96. The second kappa shape index (κ2) is 7.25. The summed E-state index contributed by atoms with van der Waals surface area (Å²) < 4.78 is 26.9. The molecule has 0 bridgehead atoms. The number of aromatic nitrogens is 3. The van der Waals surface area contributed by atoms with Crippen LogP contribution in [0.3, 0.4) is 0 Å². The van der Waals surface area contributed by atoms with Crippen LogP contribution in [0.15, 0.2) is 84.1 Å². The van der Waals surface area contributed by atoms with Gasteiger partial charge < -0.3 is 0 Å². The number of rotatable bonds is 4. The standard InChI is InChI=1S/C21H16FN3OS/c1-27(26)19-8-4-15(5-9-19)20-14-25(18-10-12-23-13-11-18)21(24-20)16-2-6-17(22)7-3-16/h2-14H,1H3. The molecule has 2 aromatic heterocycles. The molecule has 1 unspecified atom stereocenters. The zero-order valence-corrected chi connectivity index (χ0v) is 15.4. The van der Waals surface area contributed by atoms with Crippen molar-refractivity contribution in [2.45, 2.75) is 4.90 Å². The molecule has 2 aromatic carbocycles. The molecule has 6 heteroatoms. The first-order valence-corrected chi connectivity index (χ1v) is 9.87. The van der Waals surface area contributed by atoms with Crippen LogP contribution in [0.5, 0.6) is 0 Å². The second-order valence-corrected chi connectivity index (χ2v) is 7.39. The van der Waals surface area contributed by atoms with E-state index in [2.05, 4.69) is 4.98 Å². The van der Waals surface area contributed by atoms with Crippen LogP contribution in [0, 0.1) is 5.82 Å². The van der Waals surface area contributed by atoms with Gasteiger partial charge in [0.1, 0.15) is 11.6 Å². The second-order valence-electron chi connectivity index (χ2n) is 6.01. The molecule has 0 saturated heterocycles. The van der Waals surface area contributed by atoms with Crippen molar-refractivity contribution in [3.8, 4) is 28.3 Å². The Morgan fingerprint density at radius 1 is 0.889 bits per heavy atom. The van der Waals surface area contributed by atoms with Crippen LogP contribution >= 0.6 is 0 Å². The number of imidazole rings is 1. The van der Waals surface area contributed by atoms with Gasteiger partial charge in [-0.15, -0.1) is 0 Å². The van der Waals surface area contributed by atoms with Crippen LogP contribution in [-0.2, 0) is 10.8 Å². The van der Waals surface area contributed by atoms with Crippen molar-refractivity contribution in [3.05, 3.63) is 85.1 Å². The Hall–Kier alpha value is -3.12. The van der Waals surface area contributed by atoms with E-state index in [0.717, 1.165) is 27.4 Å². The third-order valence-electron chi connectivity index (χ3n) is 4.23. The first-order valence-electron chi connectivity index (χ1n) is 8.31. The zero-order valence-electron chi connectivity index (χ0n) is 14.5. The minimum absolute atomic E-state index is 0.288. The van der Waals surface area contributed by atoms with Gasteiger partial charge >= 0.3 is 0 Å². The average molecular weight is 377 g/mol. The highest BCUT2D eigenvalue weighted by atomic mass is 32.2. The predicted octanol–water partition coefficient (Wildman–Crippen LogP) is 4.48. The van der Waals surface area contributed by atoms with Gasteiger partial charge in [0.15, 0.2) is 0 Å². The van der Waals surface area contributed by atoms with Crippen molar-refractivity contribution >= 4 is 10.8 Å². The van der Waals surface area contributed by atoms with Crippen molar-refractivity contribution in [2.75, 3.05) is 6.26 Å². The van der Waals surface area contributed by atoms with Gasteiger partial charge in [0.25, 0.3) is 0 Å². The van der Waals surface area contributed by atoms with Gasteiger partial charge in [0, 0.05) is 51.7 Å². The third-order valence-corrected chi connectivity index (χ3v) is 5.17. The van der Waals surface area contributed by atoms with Gasteiger partial charge in [0.05, 0.1) is 11.4 Å². The molecule has 4 nitrogen and oxygen atoms in total. The van der Waals surface area contributed by atoms with E-state index in [1.807, 2.05) is 47.2 Å². The molecule has 27 heavy (non-hydrogen) atoms. The highest BCUT2D eigenvalue weighted by Crippen LogP contribution is 2.28. The Morgan fingerprint density at radius 3 is 2.15 bits per heavy atom. The number of pyridine rings is 1. The van der Waals surface area contributed by atoms with Gasteiger partial charge in [-0.05, 0) is 48.5 Å². The van der Waals surface area contributed by atoms with E-state index in [0.29, 0.717) is 5.82 Å². The summed E-state index contributed by atoms with van der Waals surface area (Å²) in [6.45, 7) is 0. The lowest BCUT2D eigenvalue weighted by atomic mass is 10.2. The fraction of sp³-hybridized carbons (Fsp3) is 0.0476. The van der Waals surface area contributed by atoms with Crippen molar-refractivity contribution in [1.82, 2.24) is 14.5 Å². The Bertz CT molecular complexity index is 1090. The summed E-state index contributed by atoms with van der Waals surface area (Å²) in [5.74, 6) is 0.420. The average Bonchev–Trinajstić information content (AvgIpc) is 3.15. The summed E-state index contributed by atoms with van der Waals surface area (Å²) in [5.41, 5.74) is 3.42. The van der Waals surface area contributed by atoms with Gasteiger partial charge in [-0.1, -0.05) is 12.1 Å². The van der Waals surface area contributed by atoms with Gasteiger partial charge in [-0.3, -0.25) is 13.8 Å². The molecule has 1 atom stereocenters. The first-order chi connectivity index (χ1) is 13.1. The molecule has 0 N–H and O–H groups in total. The molecule has 134 valence electrons. The molecule has 4 aromatic rings. The number of hydrogen-bond donors (Lipinski definition) is 0. The van der Waals surface area contributed by atoms with E-state index in [1.54, 1.807) is 30.8 Å². The summed E-state index contributed by atoms with van der Waals surface area (Å²) in [5, 5.41) is 0. The number of benzene rings is 2. The summed E-state index contributed by atoms with van der Waals surface area (Å²) >= 11 is 0. The molecule has 0 fully saturated rings. The molecule has 0 spiro atoms. The van der Waals surface area contributed by atoms with Crippen molar-refractivity contribution in [1.29, 1.82) is 0 Å². The van der Waals surface area contributed by atoms with E-state index in [9.17, 15) is 8.60 Å². The Labute approximate surface area is 158 Å². The Kier molecular flexibility index (Phi) is 4.64. The minimum atomic E-state index is -1.02. The molecule has 0 radical (unpaired) electrons. The predicted molar refractivity (Wildman–Crippen MR) is 105 cm³/mol. The maximum absolute atomic E-state index is 13.3. The topological polar surface area (TPSA) is 47.8 Å². The summed E-state index contributed by atoms with van der Waals surface area (Å²) in [6, 6.07) is 17.5. The zero-order chi connectivity index (χ0) is 18.8. The fourth-order valence-electron chi connectivity index (χ4n) is 2.84. The van der Waals surface area contributed by atoms with Crippen molar-refractivity contribution in [2.24, 2.45) is 0 Å². The normalized spacial score (nSPS) is 12.1. The van der Waals surface area contributed by atoms with Gasteiger partial charge in [-0.2, -0.15) is 0 Å². The van der Waals surface area contributed by atoms with Crippen LogP contribution < -0.4 is 0 Å². The van der Waals surface area contributed by atoms with Crippen LogP contribution in [0.2, 0.25) is 0 Å². The first kappa shape index (κ1) is 17.3. The van der Waals surface area contributed by atoms with E-state index in [-0.39, 0.29) is 5.82 Å². The minimum Gasteiger partial charge on any atom is -0.299 e. The summed E-state index contributed by atoms with van der Waals surface area (Å²) in [4.78, 5) is 9.61. The van der Waals surface area contributed by atoms with Gasteiger partial charge in [-0.25, -0.2) is 9.37 Å². The van der Waals surface area contributed by atoms with Crippen LogP contribution in [-0.4, -0.2) is 25.0 Å². The molecule has 0 saturated carbocycles. The lowest BCUT2D eigenvalue weighted by Gasteiger charge is -2.07. The molecule has 0 aliphatic heterocycles. The van der Waals surface area contributed by atoms with E-state index < -0.39 is 10.8 Å². The fourth-order valence-corrected chi connectivity index (χ4v) is 3.36. The van der Waals surface area contributed by atoms with E-state index >= 15 is 0 Å².